The number of nitrogens with zero attached hydrogens (tertiary/aromatic N) is 1. The molecule has 0 spiro atoms. The molecule has 5 nitrogen and oxygen atoms in total. The number of likely N-dealkylation sites (N-methyl/N-ethyl adjacent to an activating group) is 1. The Balaban J connectivity index is 4.11. The van der Waals surface area contributed by atoms with Gasteiger partial charge in [0.05, 0.1) is 0 Å². The summed E-state index contributed by atoms with van der Waals surface area (Å²) in [4.78, 5) is 23.3. The highest BCUT2D eigenvalue weighted by Gasteiger charge is 2.18. The Bertz CT molecular complexity index is 233. The lowest BCUT2D eigenvalue weighted by atomic mass is 10.00. The predicted octanol–water partition coefficient (Wildman–Crippen LogP) is 0.437. The van der Waals surface area contributed by atoms with Crippen LogP contribution in [-0.2, 0) is 9.59 Å². The van der Waals surface area contributed by atoms with Gasteiger partial charge in [0.15, 0.2) is 0 Å². The van der Waals surface area contributed by atoms with Crippen molar-refractivity contribution in [3.8, 4) is 0 Å². The van der Waals surface area contributed by atoms with E-state index >= 15 is 0 Å². The molecule has 0 aromatic heterocycles. The summed E-state index contributed by atoms with van der Waals surface area (Å²) in [6.07, 6.45) is 0.854. The largest absolute Gasteiger partial charge is 0.480 e. The van der Waals surface area contributed by atoms with E-state index in [2.05, 4.69) is 0 Å². The van der Waals surface area contributed by atoms with E-state index in [1.54, 1.807) is 6.92 Å². The second kappa shape index (κ2) is 5.70. The molecule has 0 saturated heterocycles. The van der Waals surface area contributed by atoms with Gasteiger partial charge in [0.2, 0.25) is 5.91 Å². The maximum Gasteiger partial charge on any atom is 0.323 e. The summed E-state index contributed by atoms with van der Waals surface area (Å²) in [6.45, 7) is 5.62. The second-order valence-electron chi connectivity index (χ2n) is 4.29. The van der Waals surface area contributed by atoms with Gasteiger partial charge in [-0.3, -0.25) is 9.59 Å². The van der Waals surface area contributed by atoms with Crippen LogP contribution in [0.5, 0.6) is 0 Å². The quantitative estimate of drug-likeness (QED) is 0.674. The Kier molecular flexibility index (Phi) is 5.28. The van der Waals surface area contributed by atoms with Crippen molar-refractivity contribution in [2.24, 2.45) is 5.73 Å². The maximum atomic E-state index is 11.6. The van der Waals surface area contributed by atoms with Gasteiger partial charge in [-0.05, 0) is 27.2 Å². The number of carbonyl (C=O) groups excluding carboxylic acids is 1. The zero-order valence-corrected chi connectivity index (χ0v) is 9.62. The molecule has 1 amide bonds. The molecule has 88 valence electrons. The third kappa shape index (κ3) is 6.90. The Morgan fingerprint density at radius 3 is 2.27 bits per heavy atom. The van der Waals surface area contributed by atoms with E-state index in [0.29, 0.717) is 19.4 Å². The first-order chi connectivity index (χ1) is 6.76. The van der Waals surface area contributed by atoms with Crippen molar-refractivity contribution >= 4 is 11.9 Å². The van der Waals surface area contributed by atoms with Crippen LogP contribution in [0.3, 0.4) is 0 Å². The SMILES string of the molecule is CCN(CC(=O)O)C(=O)CCC(C)(C)N. The number of hydrogen-bond acceptors (Lipinski definition) is 3. The average Bonchev–Trinajstić information content (AvgIpc) is 2.08. The van der Waals surface area contributed by atoms with Gasteiger partial charge in [-0.25, -0.2) is 0 Å². The Morgan fingerprint density at radius 1 is 1.40 bits per heavy atom. The minimum absolute atomic E-state index is 0.154. The molecule has 0 bridgehead atoms. The molecular weight excluding hydrogens is 196 g/mol. The molecular formula is C10H20N2O3. The Labute approximate surface area is 90.2 Å². The summed E-state index contributed by atoms with van der Waals surface area (Å²) in [5.74, 6) is -1.14. The van der Waals surface area contributed by atoms with Crippen molar-refractivity contribution in [2.45, 2.75) is 39.2 Å². The number of carboxylic acid groups (broad SMARTS) is 1. The minimum atomic E-state index is -0.989. The van der Waals surface area contributed by atoms with Crippen LogP contribution in [0.15, 0.2) is 0 Å². The van der Waals surface area contributed by atoms with E-state index in [0.717, 1.165) is 0 Å². The van der Waals surface area contributed by atoms with Gasteiger partial charge in [0.1, 0.15) is 6.54 Å². The second-order valence-corrected chi connectivity index (χ2v) is 4.29. The number of rotatable bonds is 6. The van der Waals surface area contributed by atoms with Crippen LogP contribution in [0.25, 0.3) is 0 Å². The van der Waals surface area contributed by atoms with E-state index in [-0.39, 0.29) is 12.5 Å². The highest BCUT2D eigenvalue weighted by molar-refractivity contribution is 5.81. The van der Waals surface area contributed by atoms with E-state index in [1.807, 2.05) is 13.8 Å². The third-order valence-corrected chi connectivity index (χ3v) is 2.04. The van der Waals surface area contributed by atoms with Gasteiger partial charge in [-0.2, -0.15) is 0 Å². The smallest absolute Gasteiger partial charge is 0.323 e. The molecule has 0 aliphatic heterocycles. The molecule has 0 unspecified atom stereocenters. The average molecular weight is 216 g/mol. The molecule has 0 atom stereocenters. The Hall–Kier alpha value is -1.10. The molecule has 0 rings (SSSR count). The summed E-state index contributed by atoms with van der Waals surface area (Å²) < 4.78 is 0. The van der Waals surface area contributed by atoms with E-state index in [9.17, 15) is 9.59 Å². The lowest BCUT2D eigenvalue weighted by Crippen LogP contribution is -2.38. The summed E-state index contributed by atoms with van der Waals surface area (Å²) in [6, 6.07) is 0. The number of hydrogen-bond donors (Lipinski definition) is 2. The highest BCUT2D eigenvalue weighted by Crippen LogP contribution is 2.08. The van der Waals surface area contributed by atoms with Gasteiger partial charge in [0, 0.05) is 18.5 Å². The molecule has 15 heavy (non-hydrogen) atoms. The van der Waals surface area contributed by atoms with E-state index < -0.39 is 11.5 Å². The number of aliphatic carboxylic acids is 1. The summed E-state index contributed by atoms with van der Waals surface area (Å²) in [5, 5.41) is 8.57. The lowest BCUT2D eigenvalue weighted by Gasteiger charge is -2.22. The van der Waals surface area contributed by atoms with Crippen LogP contribution in [0.4, 0.5) is 0 Å². The van der Waals surface area contributed by atoms with Crippen LogP contribution in [0.1, 0.15) is 33.6 Å². The minimum Gasteiger partial charge on any atom is -0.480 e. The first-order valence-corrected chi connectivity index (χ1v) is 5.04. The number of amides is 1. The van der Waals surface area contributed by atoms with Gasteiger partial charge >= 0.3 is 5.97 Å². The van der Waals surface area contributed by atoms with Crippen LogP contribution >= 0.6 is 0 Å². The molecule has 0 fully saturated rings. The zero-order valence-electron chi connectivity index (χ0n) is 9.62. The van der Waals surface area contributed by atoms with Crippen LogP contribution in [0, 0.1) is 0 Å². The molecule has 0 aromatic rings. The summed E-state index contributed by atoms with van der Waals surface area (Å²) in [5.41, 5.74) is 5.35. The fourth-order valence-corrected chi connectivity index (χ4v) is 1.13. The molecule has 0 radical (unpaired) electrons. The van der Waals surface area contributed by atoms with Gasteiger partial charge < -0.3 is 15.7 Å². The molecule has 0 heterocycles. The van der Waals surface area contributed by atoms with Crippen molar-refractivity contribution in [3.05, 3.63) is 0 Å². The van der Waals surface area contributed by atoms with Crippen molar-refractivity contribution < 1.29 is 14.7 Å². The lowest BCUT2D eigenvalue weighted by molar-refractivity contribution is -0.144. The summed E-state index contributed by atoms with van der Waals surface area (Å²) >= 11 is 0. The fourth-order valence-electron chi connectivity index (χ4n) is 1.13. The van der Waals surface area contributed by atoms with E-state index in [4.69, 9.17) is 10.8 Å². The first kappa shape index (κ1) is 13.9. The molecule has 0 aromatic carbocycles. The normalized spacial score (nSPS) is 11.2. The topological polar surface area (TPSA) is 83.6 Å². The number of carbonyl (C=O) groups is 2. The van der Waals surface area contributed by atoms with Crippen molar-refractivity contribution in [1.82, 2.24) is 4.90 Å². The van der Waals surface area contributed by atoms with Crippen LogP contribution < -0.4 is 5.73 Å². The number of carboxylic acids is 1. The van der Waals surface area contributed by atoms with Crippen LogP contribution in [0.2, 0.25) is 0 Å². The first-order valence-electron chi connectivity index (χ1n) is 5.04. The molecule has 0 aliphatic carbocycles. The monoisotopic (exact) mass is 216 g/mol. The molecule has 3 N–H and O–H groups in total. The third-order valence-electron chi connectivity index (χ3n) is 2.04. The predicted molar refractivity (Wildman–Crippen MR) is 57.4 cm³/mol. The van der Waals surface area contributed by atoms with Gasteiger partial charge in [-0.1, -0.05) is 0 Å². The van der Waals surface area contributed by atoms with Gasteiger partial charge in [-0.15, -0.1) is 0 Å². The van der Waals surface area contributed by atoms with E-state index in [1.165, 1.54) is 4.90 Å². The highest BCUT2D eigenvalue weighted by atomic mass is 16.4. The van der Waals surface area contributed by atoms with Crippen molar-refractivity contribution in [3.63, 3.8) is 0 Å². The molecule has 5 heteroatoms. The summed E-state index contributed by atoms with van der Waals surface area (Å²) in [7, 11) is 0. The Morgan fingerprint density at radius 2 is 1.93 bits per heavy atom. The molecule has 0 saturated carbocycles. The standard InChI is InChI=1S/C10H20N2O3/c1-4-12(7-9(14)15)8(13)5-6-10(2,3)11/h4-7,11H2,1-3H3,(H,14,15). The van der Waals surface area contributed by atoms with Crippen molar-refractivity contribution in [1.29, 1.82) is 0 Å². The maximum absolute atomic E-state index is 11.6. The zero-order chi connectivity index (χ0) is 12.1. The van der Waals surface area contributed by atoms with Crippen LogP contribution in [-0.4, -0.2) is 40.5 Å². The van der Waals surface area contributed by atoms with Crippen molar-refractivity contribution in [2.75, 3.05) is 13.1 Å². The number of nitrogens with two attached hydrogens (primary N) is 1. The molecule has 0 aliphatic rings. The van der Waals surface area contributed by atoms with Gasteiger partial charge in [0.25, 0.3) is 0 Å². The fraction of sp³-hybridized carbons (Fsp3) is 0.800.